The summed E-state index contributed by atoms with van der Waals surface area (Å²) in [6, 6.07) is 11.7. The lowest BCUT2D eigenvalue weighted by Crippen LogP contribution is -2.35. The Hall–Kier alpha value is -1.76. The van der Waals surface area contributed by atoms with E-state index in [1.807, 2.05) is 6.07 Å². The standard InChI is InChI=1S/C18H21ClN2O3S/c19-15-7-8-18(22)17(12-15)20-13-14-5-4-6-16(11-14)25(23,24)21-9-2-1-3-10-21/h4-8,11-12,20,22H,1-3,9-10,13H2. The maximum atomic E-state index is 12.8. The largest absolute Gasteiger partial charge is 0.506 e. The van der Waals surface area contributed by atoms with Gasteiger partial charge in [-0.25, -0.2) is 8.42 Å². The molecule has 5 nitrogen and oxygen atoms in total. The maximum absolute atomic E-state index is 12.8. The van der Waals surface area contributed by atoms with E-state index >= 15 is 0 Å². The molecule has 0 saturated carbocycles. The first-order valence-electron chi connectivity index (χ1n) is 8.28. The number of anilines is 1. The molecule has 0 amide bonds. The van der Waals surface area contributed by atoms with E-state index in [4.69, 9.17) is 11.6 Å². The number of nitrogens with one attached hydrogen (secondary N) is 1. The molecular weight excluding hydrogens is 360 g/mol. The molecule has 0 bridgehead atoms. The van der Waals surface area contributed by atoms with Crippen LogP contribution in [0.3, 0.4) is 0 Å². The van der Waals surface area contributed by atoms with Crippen LogP contribution in [0.15, 0.2) is 47.4 Å². The molecule has 134 valence electrons. The summed E-state index contributed by atoms with van der Waals surface area (Å²) in [5, 5.41) is 13.4. The van der Waals surface area contributed by atoms with Crippen LogP contribution >= 0.6 is 11.6 Å². The zero-order chi connectivity index (χ0) is 17.9. The van der Waals surface area contributed by atoms with E-state index in [1.165, 1.54) is 6.07 Å². The number of nitrogens with zero attached hydrogens (tertiary/aromatic N) is 1. The number of halogens is 1. The summed E-state index contributed by atoms with van der Waals surface area (Å²) in [6.45, 7) is 1.56. The van der Waals surface area contributed by atoms with Crippen molar-refractivity contribution in [3.63, 3.8) is 0 Å². The first-order chi connectivity index (χ1) is 12.0. The number of aromatic hydroxyl groups is 1. The van der Waals surface area contributed by atoms with Gasteiger partial charge in [-0.1, -0.05) is 30.2 Å². The van der Waals surface area contributed by atoms with E-state index in [2.05, 4.69) is 5.32 Å². The number of phenols is 1. The van der Waals surface area contributed by atoms with Crippen molar-refractivity contribution in [1.29, 1.82) is 0 Å². The molecule has 7 heteroatoms. The lowest BCUT2D eigenvalue weighted by atomic mass is 10.2. The summed E-state index contributed by atoms with van der Waals surface area (Å²) in [5.41, 5.74) is 1.33. The molecule has 2 N–H and O–H groups in total. The van der Waals surface area contributed by atoms with Gasteiger partial charge in [0.15, 0.2) is 0 Å². The third kappa shape index (κ3) is 4.26. The van der Waals surface area contributed by atoms with Gasteiger partial charge in [0.05, 0.1) is 10.6 Å². The zero-order valence-corrected chi connectivity index (χ0v) is 15.4. The minimum Gasteiger partial charge on any atom is -0.506 e. The van der Waals surface area contributed by atoms with Gasteiger partial charge in [-0.05, 0) is 48.7 Å². The summed E-state index contributed by atoms with van der Waals surface area (Å²) in [6.07, 6.45) is 2.90. The number of rotatable bonds is 5. The van der Waals surface area contributed by atoms with Gasteiger partial charge in [-0.3, -0.25) is 0 Å². The number of sulfonamides is 1. The van der Waals surface area contributed by atoms with Crippen LogP contribution in [0.2, 0.25) is 5.02 Å². The van der Waals surface area contributed by atoms with Crippen molar-refractivity contribution in [2.75, 3.05) is 18.4 Å². The van der Waals surface area contributed by atoms with Crippen molar-refractivity contribution in [2.45, 2.75) is 30.7 Å². The second kappa shape index (κ2) is 7.64. The minimum atomic E-state index is -3.45. The molecule has 0 aromatic heterocycles. The van der Waals surface area contributed by atoms with Crippen LogP contribution in [0.1, 0.15) is 24.8 Å². The highest BCUT2D eigenvalue weighted by molar-refractivity contribution is 7.89. The second-order valence-corrected chi connectivity index (χ2v) is 8.50. The molecule has 25 heavy (non-hydrogen) atoms. The van der Waals surface area contributed by atoms with Crippen LogP contribution < -0.4 is 5.32 Å². The lowest BCUT2D eigenvalue weighted by molar-refractivity contribution is 0.346. The van der Waals surface area contributed by atoms with Gasteiger partial charge in [0.25, 0.3) is 0 Å². The first-order valence-corrected chi connectivity index (χ1v) is 10.1. The Morgan fingerprint density at radius 1 is 1.08 bits per heavy atom. The number of hydrogen-bond acceptors (Lipinski definition) is 4. The number of phenolic OH excluding ortho intramolecular Hbond substituents is 1. The third-order valence-corrected chi connectivity index (χ3v) is 6.42. The molecule has 1 aliphatic heterocycles. The number of benzene rings is 2. The highest BCUT2D eigenvalue weighted by atomic mass is 35.5. The number of hydrogen-bond donors (Lipinski definition) is 2. The fourth-order valence-corrected chi connectivity index (χ4v) is 4.68. The molecule has 1 saturated heterocycles. The molecule has 0 atom stereocenters. The number of piperidine rings is 1. The topological polar surface area (TPSA) is 69.6 Å². The summed E-state index contributed by atoms with van der Waals surface area (Å²) in [7, 11) is -3.45. The lowest BCUT2D eigenvalue weighted by Gasteiger charge is -2.26. The normalized spacial score (nSPS) is 15.9. The average molecular weight is 381 g/mol. The van der Waals surface area contributed by atoms with E-state index in [-0.39, 0.29) is 5.75 Å². The third-order valence-electron chi connectivity index (χ3n) is 4.29. The molecule has 1 fully saturated rings. The van der Waals surface area contributed by atoms with E-state index in [0.717, 1.165) is 24.8 Å². The smallest absolute Gasteiger partial charge is 0.243 e. The van der Waals surface area contributed by atoms with Crippen molar-refractivity contribution in [1.82, 2.24) is 4.31 Å². The summed E-state index contributed by atoms with van der Waals surface area (Å²) in [4.78, 5) is 0.309. The van der Waals surface area contributed by atoms with Gasteiger partial charge < -0.3 is 10.4 Å². The highest BCUT2D eigenvalue weighted by Crippen LogP contribution is 2.27. The van der Waals surface area contributed by atoms with Gasteiger partial charge >= 0.3 is 0 Å². The van der Waals surface area contributed by atoms with E-state index in [9.17, 15) is 13.5 Å². The molecule has 2 aromatic rings. The van der Waals surface area contributed by atoms with Crippen LogP contribution in [-0.2, 0) is 16.6 Å². The van der Waals surface area contributed by atoms with Gasteiger partial charge in [-0.2, -0.15) is 4.31 Å². The minimum absolute atomic E-state index is 0.0986. The molecule has 1 aliphatic rings. The van der Waals surface area contributed by atoms with Gasteiger partial charge in [0.2, 0.25) is 10.0 Å². The predicted molar refractivity (Wildman–Crippen MR) is 99.5 cm³/mol. The molecule has 0 aliphatic carbocycles. The van der Waals surface area contributed by atoms with Gasteiger partial charge in [0.1, 0.15) is 5.75 Å². The van der Waals surface area contributed by atoms with Gasteiger partial charge in [-0.15, -0.1) is 0 Å². The zero-order valence-electron chi connectivity index (χ0n) is 13.8. The summed E-state index contributed by atoms with van der Waals surface area (Å²) in [5.74, 6) is 0.0986. The molecule has 1 heterocycles. The van der Waals surface area contributed by atoms with Crippen molar-refractivity contribution >= 4 is 27.3 Å². The fourth-order valence-electron chi connectivity index (χ4n) is 2.92. The molecule has 0 radical (unpaired) electrons. The Morgan fingerprint density at radius 2 is 1.84 bits per heavy atom. The average Bonchev–Trinajstić information content (AvgIpc) is 2.63. The molecule has 0 unspecified atom stereocenters. The Balaban J connectivity index is 1.76. The van der Waals surface area contributed by atoms with Crippen molar-refractivity contribution in [2.24, 2.45) is 0 Å². The highest BCUT2D eigenvalue weighted by Gasteiger charge is 2.25. The molecule has 0 spiro atoms. The van der Waals surface area contributed by atoms with E-state index in [1.54, 1.807) is 34.6 Å². The van der Waals surface area contributed by atoms with Gasteiger partial charge in [0, 0.05) is 24.7 Å². The Kier molecular flexibility index (Phi) is 5.51. The Bertz CT molecular complexity index is 849. The SMILES string of the molecule is O=S(=O)(c1cccc(CNc2cc(Cl)ccc2O)c1)N1CCCCC1. The van der Waals surface area contributed by atoms with Crippen LogP contribution in [0.4, 0.5) is 5.69 Å². The van der Waals surface area contributed by atoms with E-state index < -0.39 is 10.0 Å². The predicted octanol–water partition coefficient (Wildman–Crippen LogP) is 3.83. The van der Waals surface area contributed by atoms with Crippen LogP contribution in [0.25, 0.3) is 0 Å². The second-order valence-electron chi connectivity index (χ2n) is 6.13. The van der Waals surface area contributed by atoms with Crippen molar-refractivity contribution in [3.8, 4) is 5.75 Å². The van der Waals surface area contributed by atoms with Crippen LogP contribution in [-0.4, -0.2) is 30.9 Å². The monoisotopic (exact) mass is 380 g/mol. The van der Waals surface area contributed by atoms with Crippen molar-refractivity contribution in [3.05, 3.63) is 53.1 Å². The first kappa shape index (κ1) is 18.0. The quantitative estimate of drug-likeness (QED) is 0.773. The maximum Gasteiger partial charge on any atom is 0.243 e. The molecule has 3 rings (SSSR count). The molecule has 2 aromatic carbocycles. The molecular formula is C18H21ClN2O3S. The van der Waals surface area contributed by atoms with Crippen LogP contribution in [0.5, 0.6) is 5.75 Å². The summed E-state index contributed by atoms with van der Waals surface area (Å²) < 4.78 is 27.1. The Morgan fingerprint density at radius 3 is 2.60 bits per heavy atom. The summed E-state index contributed by atoms with van der Waals surface area (Å²) >= 11 is 5.93. The van der Waals surface area contributed by atoms with Crippen LogP contribution in [0, 0.1) is 0 Å². The Labute approximate surface area is 153 Å². The van der Waals surface area contributed by atoms with E-state index in [0.29, 0.717) is 35.2 Å². The van der Waals surface area contributed by atoms with Crippen molar-refractivity contribution < 1.29 is 13.5 Å². The fraction of sp³-hybridized carbons (Fsp3) is 0.333.